The Labute approximate surface area is 193 Å². The number of hydrogen-bond donors (Lipinski definition) is 1. The molecule has 1 aliphatic rings. The number of aromatic amines is 1. The van der Waals surface area contributed by atoms with Crippen molar-refractivity contribution in [3.63, 3.8) is 0 Å². The van der Waals surface area contributed by atoms with Crippen molar-refractivity contribution in [2.75, 3.05) is 26.2 Å². The first-order valence-electron chi connectivity index (χ1n) is 11.7. The van der Waals surface area contributed by atoms with Gasteiger partial charge in [0.2, 0.25) is 0 Å². The number of rotatable bonds is 7. The zero-order chi connectivity index (χ0) is 22.6. The van der Waals surface area contributed by atoms with Crippen LogP contribution >= 0.6 is 0 Å². The summed E-state index contributed by atoms with van der Waals surface area (Å²) in [5.74, 6) is 0.819. The Bertz CT molecular complexity index is 1240. The van der Waals surface area contributed by atoms with Gasteiger partial charge in [-0.1, -0.05) is 67.6 Å². The Morgan fingerprint density at radius 2 is 1.55 bits per heavy atom. The lowest BCUT2D eigenvalue weighted by Gasteiger charge is -2.39. The molecule has 7 heteroatoms. The maximum absolute atomic E-state index is 13.4. The molecule has 2 aromatic heterocycles. The van der Waals surface area contributed by atoms with Crippen molar-refractivity contribution in [2.45, 2.75) is 32.5 Å². The summed E-state index contributed by atoms with van der Waals surface area (Å²) in [6.07, 6.45) is 2.47. The predicted molar refractivity (Wildman–Crippen MR) is 130 cm³/mol. The largest absolute Gasteiger partial charge is 0.297 e. The van der Waals surface area contributed by atoms with Gasteiger partial charge in [0.25, 0.3) is 5.56 Å². The van der Waals surface area contributed by atoms with Gasteiger partial charge in [-0.15, -0.1) is 0 Å². The number of fused-ring (bicyclic) bond motifs is 1. The fourth-order valence-corrected chi connectivity index (χ4v) is 4.80. The maximum Gasteiger partial charge on any atom is 0.265 e. The van der Waals surface area contributed by atoms with E-state index in [4.69, 9.17) is 4.98 Å². The van der Waals surface area contributed by atoms with Crippen LogP contribution < -0.4 is 5.56 Å². The number of piperazine rings is 1. The van der Waals surface area contributed by atoms with Crippen LogP contribution in [0.5, 0.6) is 0 Å². The van der Waals surface area contributed by atoms with E-state index in [1.807, 2.05) is 22.8 Å². The summed E-state index contributed by atoms with van der Waals surface area (Å²) in [5.41, 5.74) is 2.98. The van der Waals surface area contributed by atoms with Crippen LogP contribution in [-0.4, -0.2) is 55.7 Å². The van der Waals surface area contributed by atoms with Gasteiger partial charge in [-0.25, -0.2) is 4.98 Å². The van der Waals surface area contributed by atoms with Crippen molar-refractivity contribution in [3.8, 4) is 0 Å². The fraction of sp³-hybridized carbons (Fsp3) is 0.346. The number of hydrogen-bond acceptors (Lipinski definition) is 5. The van der Waals surface area contributed by atoms with Gasteiger partial charge in [0.1, 0.15) is 11.2 Å². The first-order valence-corrected chi connectivity index (χ1v) is 11.7. The second-order valence-electron chi connectivity index (χ2n) is 8.70. The Morgan fingerprint density at radius 1 is 0.909 bits per heavy atom. The monoisotopic (exact) mass is 442 g/mol. The third kappa shape index (κ3) is 4.60. The van der Waals surface area contributed by atoms with Crippen LogP contribution in [-0.2, 0) is 13.1 Å². The zero-order valence-corrected chi connectivity index (χ0v) is 19.0. The molecule has 1 atom stereocenters. The highest BCUT2D eigenvalue weighted by molar-refractivity contribution is 5.72. The van der Waals surface area contributed by atoms with Gasteiger partial charge in [0.15, 0.2) is 5.65 Å². The molecule has 3 heterocycles. The molecule has 0 bridgehead atoms. The molecule has 1 aliphatic heterocycles. The molecule has 4 aromatic rings. The minimum atomic E-state index is -0.0335. The van der Waals surface area contributed by atoms with E-state index in [-0.39, 0.29) is 11.6 Å². The Balaban J connectivity index is 1.41. The average molecular weight is 443 g/mol. The quantitative estimate of drug-likeness (QED) is 0.475. The lowest BCUT2D eigenvalue weighted by atomic mass is 10.1. The molecule has 2 aromatic carbocycles. The van der Waals surface area contributed by atoms with E-state index < -0.39 is 0 Å². The first-order chi connectivity index (χ1) is 16.2. The van der Waals surface area contributed by atoms with E-state index in [9.17, 15) is 4.79 Å². The highest BCUT2D eigenvalue weighted by atomic mass is 16.1. The van der Waals surface area contributed by atoms with Gasteiger partial charge in [-0.05, 0) is 17.5 Å². The van der Waals surface area contributed by atoms with Gasteiger partial charge >= 0.3 is 0 Å². The molecule has 33 heavy (non-hydrogen) atoms. The summed E-state index contributed by atoms with van der Waals surface area (Å²) in [7, 11) is 0. The van der Waals surface area contributed by atoms with Gasteiger partial charge in [-0.3, -0.25) is 24.3 Å². The molecule has 0 amide bonds. The second-order valence-corrected chi connectivity index (χ2v) is 8.70. The van der Waals surface area contributed by atoms with Gasteiger partial charge < -0.3 is 0 Å². The molecule has 5 rings (SSSR count). The first kappa shape index (κ1) is 21.6. The summed E-state index contributed by atoms with van der Waals surface area (Å²) < 4.78 is 1.84. The van der Waals surface area contributed by atoms with Crippen molar-refractivity contribution in [3.05, 3.63) is 94.2 Å². The molecule has 7 nitrogen and oxygen atoms in total. The van der Waals surface area contributed by atoms with Gasteiger partial charge in [0, 0.05) is 32.7 Å². The van der Waals surface area contributed by atoms with Crippen molar-refractivity contribution in [1.82, 2.24) is 29.5 Å². The fourth-order valence-electron chi connectivity index (χ4n) is 4.80. The third-order valence-electron chi connectivity index (χ3n) is 6.56. The average Bonchev–Trinajstić information content (AvgIpc) is 3.33. The molecule has 1 saturated heterocycles. The smallest absolute Gasteiger partial charge is 0.265 e. The molecular formula is C26H30N6O. The van der Waals surface area contributed by atoms with Gasteiger partial charge in [-0.2, -0.15) is 5.10 Å². The van der Waals surface area contributed by atoms with Crippen LogP contribution in [0.4, 0.5) is 0 Å². The molecule has 170 valence electrons. The summed E-state index contributed by atoms with van der Waals surface area (Å²) in [4.78, 5) is 23.3. The van der Waals surface area contributed by atoms with E-state index in [0.29, 0.717) is 17.6 Å². The zero-order valence-electron chi connectivity index (χ0n) is 19.0. The van der Waals surface area contributed by atoms with E-state index >= 15 is 0 Å². The number of nitrogens with zero attached hydrogens (tertiary/aromatic N) is 5. The van der Waals surface area contributed by atoms with E-state index in [0.717, 1.165) is 50.5 Å². The summed E-state index contributed by atoms with van der Waals surface area (Å²) >= 11 is 0. The summed E-state index contributed by atoms with van der Waals surface area (Å²) in [6.45, 7) is 7.57. The standard InChI is InChI=1S/C26H30N6O/c1-2-23(31-15-13-30(14-16-31)18-20-9-5-3-6-10-20)25-28-24-22(17-27-29-24)26(33)32(25)19-21-11-7-4-8-12-21/h3-12,17,23H,2,13-16,18-19H2,1H3,(H,27,29). The third-order valence-corrected chi connectivity index (χ3v) is 6.56. The SMILES string of the molecule is CCC(c1nc2[nH]ncc2c(=O)n1Cc1ccccc1)N1CCN(Cc2ccccc2)CC1. The van der Waals surface area contributed by atoms with Crippen molar-refractivity contribution in [2.24, 2.45) is 0 Å². The Morgan fingerprint density at radius 3 is 2.18 bits per heavy atom. The summed E-state index contributed by atoms with van der Waals surface area (Å²) in [6, 6.07) is 20.8. The molecule has 0 spiro atoms. The Hall–Kier alpha value is -3.29. The Kier molecular flexibility index (Phi) is 6.32. The van der Waals surface area contributed by atoms with Crippen molar-refractivity contribution >= 4 is 11.0 Å². The van der Waals surface area contributed by atoms with Crippen LogP contribution in [0.1, 0.15) is 36.3 Å². The van der Waals surface area contributed by atoms with Gasteiger partial charge in [0.05, 0.1) is 18.8 Å². The highest BCUT2D eigenvalue weighted by Gasteiger charge is 2.28. The number of H-pyrrole nitrogens is 1. The minimum absolute atomic E-state index is 0.0335. The molecule has 0 aliphatic carbocycles. The number of nitrogens with one attached hydrogen (secondary N) is 1. The van der Waals surface area contributed by atoms with E-state index in [1.165, 1.54) is 5.56 Å². The molecule has 0 saturated carbocycles. The van der Waals surface area contributed by atoms with Crippen LogP contribution in [0.25, 0.3) is 11.0 Å². The lowest BCUT2D eigenvalue weighted by Crippen LogP contribution is -2.48. The van der Waals surface area contributed by atoms with Crippen molar-refractivity contribution in [1.29, 1.82) is 0 Å². The predicted octanol–water partition coefficient (Wildman–Crippen LogP) is 3.44. The molecular weight excluding hydrogens is 412 g/mol. The number of aromatic nitrogens is 4. The highest BCUT2D eigenvalue weighted by Crippen LogP contribution is 2.25. The van der Waals surface area contributed by atoms with Crippen LogP contribution in [0.15, 0.2) is 71.7 Å². The molecule has 0 radical (unpaired) electrons. The van der Waals surface area contributed by atoms with Crippen molar-refractivity contribution < 1.29 is 0 Å². The minimum Gasteiger partial charge on any atom is -0.297 e. The number of benzene rings is 2. The topological polar surface area (TPSA) is 70.0 Å². The normalized spacial score (nSPS) is 16.3. The molecule has 1 unspecified atom stereocenters. The summed E-state index contributed by atoms with van der Waals surface area (Å²) in [5, 5.41) is 7.52. The van der Waals surface area contributed by atoms with E-state index in [2.05, 4.69) is 69.4 Å². The second kappa shape index (κ2) is 9.68. The van der Waals surface area contributed by atoms with E-state index in [1.54, 1.807) is 6.20 Å². The lowest BCUT2D eigenvalue weighted by molar-refractivity contribution is 0.0844. The van der Waals surface area contributed by atoms with Crippen LogP contribution in [0.2, 0.25) is 0 Å². The molecule has 1 fully saturated rings. The maximum atomic E-state index is 13.4. The van der Waals surface area contributed by atoms with Crippen LogP contribution in [0.3, 0.4) is 0 Å². The van der Waals surface area contributed by atoms with Crippen LogP contribution in [0, 0.1) is 0 Å². The molecule has 1 N–H and O–H groups in total.